The number of hydrogen-bond acceptors (Lipinski definition) is 8. The minimum Gasteiger partial charge on any atom is -0.438 e. The second-order valence-corrected chi connectivity index (χ2v) is 11.0. The van der Waals surface area contributed by atoms with Crippen LogP contribution in [0.3, 0.4) is 0 Å². The Morgan fingerprint density at radius 1 is 1.17 bits per heavy atom. The summed E-state index contributed by atoms with van der Waals surface area (Å²) in [5, 5.41) is 12.7. The zero-order chi connectivity index (χ0) is 24.7. The third-order valence-corrected chi connectivity index (χ3v) is 7.34. The smallest absolute Gasteiger partial charge is 0.233 e. The maximum Gasteiger partial charge on any atom is 0.233 e. The summed E-state index contributed by atoms with van der Waals surface area (Å²) < 4.78 is 45.3. The molecule has 1 aliphatic heterocycles. The molecule has 1 fully saturated rings. The lowest BCUT2D eigenvalue weighted by atomic mass is 10.0. The summed E-state index contributed by atoms with van der Waals surface area (Å²) in [5.41, 5.74) is 1.75. The molecule has 1 aliphatic rings. The van der Waals surface area contributed by atoms with E-state index < -0.39 is 15.7 Å². The van der Waals surface area contributed by atoms with Gasteiger partial charge in [0.05, 0.1) is 12.2 Å². The Morgan fingerprint density at radius 2 is 1.94 bits per heavy atom. The number of nitrogens with one attached hydrogen (secondary N) is 1. The number of fused-ring (bicyclic) bond motifs is 1. The van der Waals surface area contributed by atoms with Gasteiger partial charge in [0, 0.05) is 37.2 Å². The summed E-state index contributed by atoms with van der Waals surface area (Å²) in [6.07, 6.45) is 5.72. The summed E-state index contributed by atoms with van der Waals surface area (Å²) >= 11 is 0. The maximum atomic E-state index is 14.3. The Balaban J connectivity index is 1.33. The molecule has 0 spiro atoms. The van der Waals surface area contributed by atoms with E-state index in [0.29, 0.717) is 17.0 Å². The standard InChI is InChI=1S/C23H26FN7O3S/c1-14(2)19-11-21(29-28-19)30-8-6-15(7-9-30)31-22-17(12-27-31)23(26-13-25-22)34-16-4-5-20(18(24)10-16)35(3,32)33/h4-5,10-15H,6-9H2,1-3H3,(H,28,29). The number of H-pyrrole nitrogens is 1. The lowest BCUT2D eigenvalue weighted by Gasteiger charge is -2.32. The van der Waals surface area contributed by atoms with Crippen molar-refractivity contribution in [1.29, 1.82) is 0 Å². The molecule has 0 atom stereocenters. The highest BCUT2D eigenvalue weighted by Crippen LogP contribution is 2.32. The van der Waals surface area contributed by atoms with Crippen LogP contribution in [0.1, 0.15) is 44.3 Å². The van der Waals surface area contributed by atoms with Crippen LogP contribution in [-0.4, -0.2) is 57.7 Å². The van der Waals surface area contributed by atoms with Gasteiger partial charge in [-0.15, -0.1) is 0 Å². The van der Waals surface area contributed by atoms with Gasteiger partial charge in [0.1, 0.15) is 28.2 Å². The monoisotopic (exact) mass is 499 g/mol. The van der Waals surface area contributed by atoms with Crippen LogP contribution >= 0.6 is 0 Å². The molecule has 3 aromatic heterocycles. The van der Waals surface area contributed by atoms with E-state index in [0.717, 1.165) is 49.8 Å². The van der Waals surface area contributed by atoms with Crippen molar-refractivity contribution in [3.8, 4) is 11.6 Å². The van der Waals surface area contributed by atoms with Crippen molar-refractivity contribution in [2.45, 2.75) is 43.5 Å². The van der Waals surface area contributed by atoms with Crippen LogP contribution in [0, 0.1) is 5.82 Å². The molecule has 35 heavy (non-hydrogen) atoms. The topological polar surface area (TPSA) is 119 Å². The van der Waals surface area contributed by atoms with Crippen molar-refractivity contribution in [1.82, 2.24) is 29.9 Å². The minimum absolute atomic E-state index is 0.135. The first kappa shape index (κ1) is 23.2. The summed E-state index contributed by atoms with van der Waals surface area (Å²) in [6, 6.07) is 5.87. The molecule has 0 bridgehead atoms. The first-order chi connectivity index (χ1) is 16.7. The maximum absolute atomic E-state index is 14.3. The number of halogens is 1. The van der Waals surface area contributed by atoms with Gasteiger partial charge in [-0.1, -0.05) is 13.8 Å². The Morgan fingerprint density at radius 3 is 2.60 bits per heavy atom. The number of aromatic nitrogens is 6. The lowest BCUT2D eigenvalue weighted by Crippen LogP contribution is -2.35. The molecule has 0 amide bonds. The van der Waals surface area contributed by atoms with Gasteiger partial charge in [0.25, 0.3) is 0 Å². The molecule has 5 rings (SSSR count). The van der Waals surface area contributed by atoms with Gasteiger partial charge in [0.2, 0.25) is 5.88 Å². The molecule has 0 aliphatic carbocycles. The predicted molar refractivity (Wildman–Crippen MR) is 128 cm³/mol. The quantitative estimate of drug-likeness (QED) is 0.425. The van der Waals surface area contributed by atoms with Gasteiger partial charge in [0.15, 0.2) is 21.3 Å². The van der Waals surface area contributed by atoms with Crippen molar-refractivity contribution in [3.05, 3.63) is 48.3 Å². The van der Waals surface area contributed by atoms with E-state index in [1.165, 1.54) is 18.5 Å². The summed E-state index contributed by atoms with van der Waals surface area (Å²) in [7, 11) is -3.67. The first-order valence-electron chi connectivity index (χ1n) is 11.4. The molecule has 4 aromatic rings. The van der Waals surface area contributed by atoms with Crippen molar-refractivity contribution in [3.63, 3.8) is 0 Å². The van der Waals surface area contributed by atoms with E-state index in [4.69, 9.17) is 4.74 Å². The van der Waals surface area contributed by atoms with Crippen LogP contribution in [-0.2, 0) is 9.84 Å². The molecule has 10 nitrogen and oxygen atoms in total. The number of sulfone groups is 1. The molecule has 184 valence electrons. The van der Waals surface area contributed by atoms with Crippen molar-refractivity contribution < 1.29 is 17.5 Å². The van der Waals surface area contributed by atoms with Gasteiger partial charge in [-0.2, -0.15) is 10.2 Å². The number of piperidine rings is 1. The molecular formula is C23H26FN7O3S. The van der Waals surface area contributed by atoms with Gasteiger partial charge < -0.3 is 9.64 Å². The van der Waals surface area contributed by atoms with Gasteiger partial charge >= 0.3 is 0 Å². The number of anilines is 1. The van der Waals surface area contributed by atoms with Crippen LogP contribution in [0.4, 0.5) is 10.2 Å². The molecule has 12 heteroatoms. The van der Waals surface area contributed by atoms with Gasteiger partial charge in [-0.25, -0.2) is 27.5 Å². The van der Waals surface area contributed by atoms with Crippen LogP contribution in [0.5, 0.6) is 11.6 Å². The Hall–Kier alpha value is -3.54. The van der Waals surface area contributed by atoms with E-state index in [-0.39, 0.29) is 22.6 Å². The Labute approximate surface area is 202 Å². The highest BCUT2D eigenvalue weighted by atomic mass is 32.2. The fraction of sp³-hybridized carbons (Fsp3) is 0.391. The fourth-order valence-electron chi connectivity index (χ4n) is 4.27. The zero-order valence-electron chi connectivity index (χ0n) is 19.6. The van der Waals surface area contributed by atoms with Gasteiger partial charge in [-0.3, -0.25) is 5.10 Å². The summed E-state index contributed by atoms with van der Waals surface area (Å²) in [5.74, 6) is 0.841. The molecule has 4 heterocycles. The molecule has 0 radical (unpaired) electrons. The van der Waals surface area contributed by atoms with E-state index in [1.807, 2.05) is 4.68 Å². The van der Waals surface area contributed by atoms with Crippen LogP contribution < -0.4 is 9.64 Å². The van der Waals surface area contributed by atoms with Crippen molar-refractivity contribution in [2.24, 2.45) is 0 Å². The highest BCUT2D eigenvalue weighted by molar-refractivity contribution is 7.90. The van der Waals surface area contributed by atoms with Crippen molar-refractivity contribution >= 4 is 26.7 Å². The normalized spacial score (nSPS) is 15.3. The second kappa shape index (κ2) is 8.91. The fourth-order valence-corrected chi connectivity index (χ4v) is 5.00. The number of benzene rings is 1. The molecule has 1 saturated heterocycles. The van der Waals surface area contributed by atoms with Gasteiger partial charge in [-0.05, 0) is 30.9 Å². The second-order valence-electron chi connectivity index (χ2n) is 9.03. The molecular weight excluding hydrogens is 473 g/mol. The van der Waals surface area contributed by atoms with Crippen LogP contribution in [0.25, 0.3) is 11.0 Å². The minimum atomic E-state index is -3.67. The summed E-state index contributed by atoms with van der Waals surface area (Å²) in [6.45, 7) is 5.95. The first-order valence-corrected chi connectivity index (χ1v) is 13.3. The lowest BCUT2D eigenvalue weighted by molar-refractivity contribution is 0.373. The highest BCUT2D eigenvalue weighted by Gasteiger charge is 2.25. The van der Waals surface area contributed by atoms with E-state index in [2.05, 4.69) is 50.1 Å². The number of rotatable bonds is 6. The van der Waals surface area contributed by atoms with E-state index in [1.54, 1.807) is 6.20 Å². The van der Waals surface area contributed by atoms with E-state index in [9.17, 15) is 12.8 Å². The van der Waals surface area contributed by atoms with Crippen LogP contribution in [0.2, 0.25) is 0 Å². The largest absolute Gasteiger partial charge is 0.438 e. The SMILES string of the molecule is CC(C)c1cc(N2CCC(n3ncc4c(Oc5ccc(S(C)(=O)=O)c(F)c5)ncnc43)CC2)n[nH]1. The predicted octanol–water partition coefficient (Wildman–Crippen LogP) is 3.85. The third kappa shape index (κ3) is 4.57. The number of ether oxygens (including phenoxy) is 1. The number of hydrogen-bond donors (Lipinski definition) is 1. The zero-order valence-corrected chi connectivity index (χ0v) is 20.5. The molecule has 1 N–H and O–H groups in total. The van der Waals surface area contributed by atoms with Crippen molar-refractivity contribution in [2.75, 3.05) is 24.2 Å². The average Bonchev–Trinajstić information content (AvgIpc) is 3.47. The Bertz CT molecular complexity index is 1470. The molecule has 0 saturated carbocycles. The molecule has 1 aromatic carbocycles. The summed E-state index contributed by atoms with van der Waals surface area (Å²) in [4.78, 5) is 10.5. The van der Waals surface area contributed by atoms with E-state index >= 15 is 0 Å². The number of nitrogens with zero attached hydrogens (tertiary/aromatic N) is 6. The Kier molecular flexibility index (Phi) is 5.91. The average molecular weight is 500 g/mol. The molecule has 0 unspecified atom stereocenters. The van der Waals surface area contributed by atoms with Crippen LogP contribution in [0.15, 0.2) is 41.7 Å². The third-order valence-electron chi connectivity index (χ3n) is 6.21. The number of aromatic amines is 1.